The van der Waals surface area contributed by atoms with Gasteiger partial charge in [0.05, 0.1) is 19.6 Å². The number of hydrogen-bond donors (Lipinski definition) is 2. The summed E-state index contributed by atoms with van der Waals surface area (Å²) in [6.45, 7) is 3.77. The van der Waals surface area contributed by atoms with Crippen molar-refractivity contribution in [2.24, 2.45) is 5.73 Å². The maximum atomic E-state index is 12.1. The zero-order valence-corrected chi connectivity index (χ0v) is 13.0. The second-order valence-electron chi connectivity index (χ2n) is 4.98. The summed E-state index contributed by atoms with van der Waals surface area (Å²) < 4.78 is 4.52. The summed E-state index contributed by atoms with van der Waals surface area (Å²) in [7, 11) is 1.24. The molecule has 7 nitrogen and oxygen atoms in total. The van der Waals surface area contributed by atoms with E-state index in [0.29, 0.717) is 0 Å². The number of primary amides is 1. The van der Waals surface area contributed by atoms with E-state index in [9.17, 15) is 14.4 Å². The SMILES string of the molecule is COC(=O)C[C@H](C)N(C(N)=O)C(=O)NCc1ccc(C)cc1. The maximum absolute atomic E-state index is 12.1. The molecule has 0 heterocycles. The van der Waals surface area contributed by atoms with Crippen molar-refractivity contribution in [1.29, 1.82) is 0 Å². The van der Waals surface area contributed by atoms with E-state index in [1.165, 1.54) is 7.11 Å². The zero-order valence-electron chi connectivity index (χ0n) is 13.0. The molecule has 7 heteroatoms. The highest BCUT2D eigenvalue weighted by molar-refractivity contribution is 5.93. The van der Waals surface area contributed by atoms with Gasteiger partial charge in [0.15, 0.2) is 0 Å². The third-order valence-electron chi connectivity index (χ3n) is 3.15. The van der Waals surface area contributed by atoms with Gasteiger partial charge in [0.25, 0.3) is 0 Å². The first kappa shape index (κ1) is 17.5. The number of nitrogens with one attached hydrogen (secondary N) is 1. The minimum absolute atomic E-state index is 0.114. The minimum Gasteiger partial charge on any atom is -0.469 e. The Kier molecular flexibility index (Phi) is 6.37. The van der Waals surface area contributed by atoms with E-state index in [0.717, 1.165) is 16.0 Å². The lowest BCUT2D eigenvalue weighted by atomic mass is 10.1. The molecule has 0 spiro atoms. The van der Waals surface area contributed by atoms with Crippen molar-refractivity contribution < 1.29 is 19.1 Å². The molecular formula is C15H21N3O4. The predicted octanol–water partition coefficient (Wildman–Crippen LogP) is 1.54. The largest absolute Gasteiger partial charge is 0.469 e. The number of amides is 4. The van der Waals surface area contributed by atoms with Gasteiger partial charge in [0, 0.05) is 6.54 Å². The number of aryl methyl sites for hydroxylation is 1. The van der Waals surface area contributed by atoms with Crippen LogP contribution in [0.25, 0.3) is 0 Å². The third kappa shape index (κ3) is 5.08. The molecule has 0 aliphatic rings. The Hall–Kier alpha value is -2.57. The van der Waals surface area contributed by atoms with Crippen molar-refractivity contribution in [2.45, 2.75) is 32.9 Å². The van der Waals surface area contributed by atoms with Gasteiger partial charge in [0.1, 0.15) is 0 Å². The van der Waals surface area contributed by atoms with E-state index in [-0.39, 0.29) is 13.0 Å². The van der Waals surface area contributed by atoms with E-state index >= 15 is 0 Å². The van der Waals surface area contributed by atoms with Gasteiger partial charge in [-0.1, -0.05) is 29.8 Å². The van der Waals surface area contributed by atoms with Gasteiger partial charge in [0.2, 0.25) is 0 Å². The van der Waals surface area contributed by atoms with Gasteiger partial charge in [-0.25, -0.2) is 14.5 Å². The van der Waals surface area contributed by atoms with Crippen molar-refractivity contribution in [3.63, 3.8) is 0 Å². The number of rotatable bonds is 5. The van der Waals surface area contributed by atoms with Crippen LogP contribution >= 0.6 is 0 Å². The smallest absolute Gasteiger partial charge is 0.326 e. The van der Waals surface area contributed by atoms with Gasteiger partial charge in [-0.15, -0.1) is 0 Å². The topological polar surface area (TPSA) is 102 Å². The van der Waals surface area contributed by atoms with Crippen molar-refractivity contribution in [3.05, 3.63) is 35.4 Å². The maximum Gasteiger partial charge on any atom is 0.326 e. The zero-order chi connectivity index (χ0) is 16.7. The Bertz CT molecular complexity index is 542. The molecule has 3 N–H and O–H groups in total. The highest BCUT2D eigenvalue weighted by Gasteiger charge is 2.26. The van der Waals surface area contributed by atoms with Crippen molar-refractivity contribution >= 4 is 18.0 Å². The fourth-order valence-corrected chi connectivity index (χ4v) is 1.90. The first-order valence-electron chi connectivity index (χ1n) is 6.84. The highest BCUT2D eigenvalue weighted by Crippen LogP contribution is 2.07. The number of ether oxygens (including phenoxy) is 1. The lowest BCUT2D eigenvalue weighted by molar-refractivity contribution is -0.141. The Morgan fingerprint density at radius 2 is 1.86 bits per heavy atom. The van der Waals surface area contributed by atoms with Gasteiger partial charge in [-0.3, -0.25) is 4.79 Å². The van der Waals surface area contributed by atoms with Crippen molar-refractivity contribution in [1.82, 2.24) is 10.2 Å². The van der Waals surface area contributed by atoms with E-state index in [1.807, 2.05) is 31.2 Å². The Morgan fingerprint density at radius 3 is 2.36 bits per heavy atom. The number of methoxy groups -OCH3 is 1. The fourth-order valence-electron chi connectivity index (χ4n) is 1.90. The lowest BCUT2D eigenvalue weighted by Gasteiger charge is -2.25. The number of imide groups is 1. The highest BCUT2D eigenvalue weighted by atomic mass is 16.5. The molecule has 1 rings (SSSR count). The summed E-state index contributed by atoms with van der Waals surface area (Å²) in [5.41, 5.74) is 7.22. The summed E-state index contributed by atoms with van der Waals surface area (Å²) in [6, 6.07) is 5.34. The van der Waals surface area contributed by atoms with Crippen LogP contribution in [0.15, 0.2) is 24.3 Å². The molecule has 120 valence electrons. The van der Waals surface area contributed by atoms with Crippen LogP contribution in [0, 0.1) is 6.92 Å². The summed E-state index contributed by atoms with van der Waals surface area (Å²) in [4.78, 5) is 35.6. The molecular weight excluding hydrogens is 286 g/mol. The van der Waals surface area contributed by atoms with E-state index < -0.39 is 24.1 Å². The molecule has 1 aromatic rings. The number of nitrogens with two attached hydrogens (primary N) is 1. The van der Waals surface area contributed by atoms with Gasteiger partial charge in [-0.05, 0) is 19.4 Å². The molecule has 1 atom stereocenters. The number of urea groups is 2. The number of nitrogens with zero attached hydrogens (tertiary/aromatic N) is 1. The average molecular weight is 307 g/mol. The second kappa shape index (κ2) is 8.02. The van der Waals surface area contributed by atoms with Crippen LogP contribution in [0.5, 0.6) is 0 Å². The molecule has 0 aliphatic carbocycles. The molecule has 0 fully saturated rings. The molecule has 0 aliphatic heterocycles. The molecule has 0 bridgehead atoms. The molecule has 0 unspecified atom stereocenters. The molecule has 0 saturated carbocycles. The lowest BCUT2D eigenvalue weighted by Crippen LogP contribution is -2.51. The minimum atomic E-state index is -0.919. The quantitative estimate of drug-likeness (QED) is 0.805. The van der Waals surface area contributed by atoms with Crippen LogP contribution in [-0.2, 0) is 16.1 Å². The van der Waals surface area contributed by atoms with Gasteiger partial charge >= 0.3 is 18.0 Å². The van der Waals surface area contributed by atoms with E-state index in [1.54, 1.807) is 6.92 Å². The fraction of sp³-hybridized carbons (Fsp3) is 0.400. The number of carbonyl (C=O) groups is 3. The predicted molar refractivity (Wildman–Crippen MR) is 80.9 cm³/mol. The number of benzene rings is 1. The third-order valence-corrected chi connectivity index (χ3v) is 3.15. The number of esters is 1. The van der Waals surface area contributed by atoms with Gasteiger partial charge < -0.3 is 15.8 Å². The van der Waals surface area contributed by atoms with E-state index in [2.05, 4.69) is 10.1 Å². The normalized spacial score (nSPS) is 11.4. The van der Waals surface area contributed by atoms with Crippen LogP contribution in [0.2, 0.25) is 0 Å². The average Bonchev–Trinajstić information content (AvgIpc) is 2.46. The summed E-state index contributed by atoms with van der Waals surface area (Å²) in [5.74, 6) is -0.523. The Morgan fingerprint density at radius 1 is 1.27 bits per heavy atom. The molecule has 0 saturated heterocycles. The van der Waals surface area contributed by atoms with E-state index in [4.69, 9.17) is 5.73 Å². The molecule has 22 heavy (non-hydrogen) atoms. The van der Waals surface area contributed by atoms with Crippen LogP contribution in [-0.4, -0.2) is 36.1 Å². The molecule has 0 aromatic heterocycles. The first-order valence-corrected chi connectivity index (χ1v) is 6.84. The van der Waals surface area contributed by atoms with Gasteiger partial charge in [-0.2, -0.15) is 0 Å². The van der Waals surface area contributed by atoms with Crippen LogP contribution < -0.4 is 11.1 Å². The number of carbonyl (C=O) groups excluding carboxylic acids is 3. The monoisotopic (exact) mass is 307 g/mol. The Balaban J connectivity index is 2.67. The van der Waals surface area contributed by atoms with Crippen LogP contribution in [0.3, 0.4) is 0 Å². The standard InChI is InChI=1S/C15H21N3O4/c1-10-4-6-12(7-5-10)9-17-15(21)18(14(16)20)11(2)8-13(19)22-3/h4-7,11H,8-9H2,1-3H3,(H2,16,20)(H,17,21)/t11-/m0/s1. The number of hydrogen-bond acceptors (Lipinski definition) is 4. The molecule has 4 amide bonds. The second-order valence-corrected chi connectivity index (χ2v) is 4.98. The van der Waals surface area contributed by atoms with Crippen molar-refractivity contribution in [2.75, 3.05) is 7.11 Å². The van der Waals surface area contributed by atoms with Crippen LogP contribution in [0.1, 0.15) is 24.5 Å². The molecule has 1 aromatic carbocycles. The first-order chi connectivity index (χ1) is 10.3. The summed E-state index contributed by atoms with van der Waals surface area (Å²) in [6.07, 6.45) is -0.114. The van der Waals surface area contributed by atoms with Crippen LogP contribution in [0.4, 0.5) is 9.59 Å². The summed E-state index contributed by atoms with van der Waals surface area (Å²) >= 11 is 0. The summed E-state index contributed by atoms with van der Waals surface area (Å²) in [5, 5.41) is 2.61. The molecule has 0 radical (unpaired) electrons. The Labute approximate surface area is 129 Å². The van der Waals surface area contributed by atoms with Crippen molar-refractivity contribution in [3.8, 4) is 0 Å².